The van der Waals surface area contributed by atoms with Gasteiger partial charge in [-0.15, -0.1) is 0 Å². The van der Waals surface area contributed by atoms with Crippen LogP contribution in [-0.4, -0.2) is 38.0 Å². The molecule has 1 fully saturated rings. The largest absolute Gasteiger partial charge is 0.380 e. The molecule has 0 radical (unpaired) electrons. The molecule has 1 aromatic carbocycles. The summed E-state index contributed by atoms with van der Waals surface area (Å²) in [6.45, 7) is 4.08. The first-order valence-corrected chi connectivity index (χ1v) is 6.94. The number of aldehydes is 1. The minimum absolute atomic E-state index is 0.245. The Hall–Kier alpha value is -0.900. The number of halogens is 1. The smallest absolute Gasteiger partial charge is 0.129 e. The number of nitrogens with zero attached hydrogens (tertiary/aromatic N) is 1. The molecule has 2 rings (SSSR count). The van der Waals surface area contributed by atoms with Gasteiger partial charge in [-0.3, -0.25) is 4.90 Å². The molecule has 4 heteroatoms. The van der Waals surface area contributed by atoms with Crippen LogP contribution in [0.2, 0.25) is 5.02 Å². The van der Waals surface area contributed by atoms with Crippen LogP contribution in [0.4, 0.5) is 0 Å². The van der Waals surface area contributed by atoms with E-state index in [0.717, 1.165) is 24.3 Å². The van der Waals surface area contributed by atoms with Crippen LogP contribution in [0.5, 0.6) is 0 Å². The third kappa shape index (κ3) is 3.35. The number of ether oxygens (including phenoxy) is 1. The quantitative estimate of drug-likeness (QED) is 0.777. The molecule has 2 unspecified atom stereocenters. The number of rotatable bonds is 5. The molecule has 0 aliphatic carbocycles. The van der Waals surface area contributed by atoms with Gasteiger partial charge in [0.15, 0.2) is 0 Å². The maximum atomic E-state index is 11.3. The Morgan fingerprint density at radius 2 is 2.16 bits per heavy atom. The predicted octanol–water partition coefficient (Wildman–Crippen LogP) is 2.94. The maximum absolute atomic E-state index is 11.3. The van der Waals surface area contributed by atoms with Crippen molar-refractivity contribution in [2.45, 2.75) is 19.4 Å². The fourth-order valence-electron chi connectivity index (χ4n) is 2.51. The van der Waals surface area contributed by atoms with Gasteiger partial charge in [-0.25, -0.2) is 0 Å². The van der Waals surface area contributed by atoms with E-state index < -0.39 is 0 Å². The van der Waals surface area contributed by atoms with Crippen LogP contribution in [0.25, 0.3) is 0 Å². The van der Waals surface area contributed by atoms with Crippen molar-refractivity contribution in [3.05, 3.63) is 34.9 Å². The first-order chi connectivity index (χ1) is 9.06. The average molecular weight is 282 g/mol. The standard InChI is InChI=1S/C15H20ClNO2/c1-12(13-3-5-14(16)6-4-13)17(2)9-15(10-18)7-8-19-11-15/h3-6,10,12H,7-9,11H2,1-2H3. The normalized spacial score (nSPS) is 24.6. The predicted molar refractivity (Wildman–Crippen MR) is 76.4 cm³/mol. The fourth-order valence-corrected chi connectivity index (χ4v) is 2.63. The fraction of sp³-hybridized carbons (Fsp3) is 0.533. The highest BCUT2D eigenvalue weighted by Crippen LogP contribution is 2.30. The van der Waals surface area contributed by atoms with Gasteiger partial charge in [0.2, 0.25) is 0 Å². The molecule has 1 heterocycles. The van der Waals surface area contributed by atoms with Gasteiger partial charge in [0.1, 0.15) is 6.29 Å². The van der Waals surface area contributed by atoms with E-state index >= 15 is 0 Å². The molecule has 1 aliphatic rings. The van der Waals surface area contributed by atoms with Crippen LogP contribution < -0.4 is 0 Å². The van der Waals surface area contributed by atoms with Crippen LogP contribution in [-0.2, 0) is 9.53 Å². The third-order valence-corrected chi connectivity index (χ3v) is 4.21. The van der Waals surface area contributed by atoms with Gasteiger partial charge in [0.05, 0.1) is 12.0 Å². The van der Waals surface area contributed by atoms with E-state index in [2.05, 4.69) is 11.8 Å². The second-order valence-corrected chi connectivity index (χ2v) is 5.86. The number of carbonyl (C=O) groups excluding carboxylic acids is 1. The Morgan fingerprint density at radius 1 is 1.47 bits per heavy atom. The molecular formula is C15H20ClNO2. The molecule has 0 spiro atoms. The molecule has 0 aromatic heterocycles. The summed E-state index contributed by atoms with van der Waals surface area (Å²) in [5, 5.41) is 0.743. The van der Waals surface area contributed by atoms with Crippen LogP contribution in [0.3, 0.4) is 0 Å². The molecule has 1 aliphatic heterocycles. The summed E-state index contributed by atoms with van der Waals surface area (Å²) in [7, 11) is 2.04. The molecule has 0 bridgehead atoms. The Balaban J connectivity index is 2.04. The lowest BCUT2D eigenvalue weighted by atomic mass is 9.88. The highest BCUT2D eigenvalue weighted by Gasteiger charge is 2.36. The van der Waals surface area contributed by atoms with E-state index in [0.29, 0.717) is 13.2 Å². The highest BCUT2D eigenvalue weighted by molar-refractivity contribution is 6.30. The van der Waals surface area contributed by atoms with Gasteiger partial charge in [-0.05, 0) is 38.1 Å². The van der Waals surface area contributed by atoms with Crippen molar-refractivity contribution in [3.63, 3.8) is 0 Å². The summed E-state index contributed by atoms with van der Waals surface area (Å²) in [5.41, 5.74) is 0.863. The van der Waals surface area contributed by atoms with Gasteiger partial charge >= 0.3 is 0 Å². The average Bonchev–Trinajstić information content (AvgIpc) is 2.88. The monoisotopic (exact) mass is 281 g/mol. The van der Waals surface area contributed by atoms with E-state index in [-0.39, 0.29) is 11.5 Å². The van der Waals surface area contributed by atoms with E-state index in [4.69, 9.17) is 16.3 Å². The van der Waals surface area contributed by atoms with Gasteiger partial charge in [0.25, 0.3) is 0 Å². The van der Waals surface area contributed by atoms with Crippen molar-refractivity contribution >= 4 is 17.9 Å². The first kappa shape index (κ1) is 14.5. The number of benzene rings is 1. The molecule has 2 atom stereocenters. The molecule has 104 valence electrons. The summed E-state index contributed by atoms with van der Waals surface area (Å²) in [6, 6.07) is 8.10. The van der Waals surface area contributed by atoms with Gasteiger partial charge < -0.3 is 9.53 Å². The van der Waals surface area contributed by atoms with Crippen molar-refractivity contribution in [2.75, 3.05) is 26.8 Å². The summed E-state index contributed by atoms with van der Waals surface area (Å²) < 4.78 is 5.38. The zero-order valence-corrected chi connectivity index (χ0v) is 12.2. The molecule has 1 aromatic rings. The Kier molecular flexibility index (Phi) is 4.61. The lowest BCUT2D eigenvalue weighted by Crippen LogP contribution is -2.38. The second kappa shape index (κ2) is 6.04. The maximum Gasteiger partial charge on any atom is 0.129 e. The molecule has 19 heavy (non-hydrogen) atoms. The minimum Gasteiger partial charge on any atom is -0.380 e. The topological polar surface area (TPSA) is 29.5 Å². The molecule has 1 saturated heterocycles. The van der Waals surface area contributed by atoms with Crippen LogP contribution >= 0.6 is 11.6 Å². The lowest BCUT2D eigenvalue weighted by Gasteiger charge is -2.32. The van der Waals surface area contributed by atoms with E-state index in [1.165, 1.54) is 5.56 Å². The van der Waals surface area contributed by atoms with Crippen molar-refractivity contribution in [1.82, 2.24) is 4.90 Å². The van der Waals surface area contributed by atoms with Crippen molar-refractivity contribution < 1.29 is 9.53 Å². The van der Waals surface area contributed by atoms with Gasteiger partial charge in [-0.2, -0.15) is 0 Å². The number of carbonyl (C=O) groups is 1. The van der Waals surface area contributed by atoms with Crippen LogP contribution in [0, 0.1) is 5.41 Å². The first-order valence-electron chi connectivity index (χ1n) is 6.56. The van der Waals surface area contributed by atoms with Crippen molar-refractivity contribution in [2.24, 2.45) is 5.41 Å². The minimum atomic E-state index is -0.338. The SMILES string of the molecule is CC(c1ccc(Cl)cc1)N(C)CC1(C=O)CCOC1. The van der Waals surface area contributed by atoms with E-state index in [1.807, 2.05) is 31.3 Å². The zero-order chi connectivity index (χ0) is 13.9. The number of hydrogen-bond donors (Lipinski definition) is 0. The molecular weight excluding hydrogens is 262 g/mol. The Labute approximate surface area is 119 Å². The summed E-state index contributed by atoms with van der Waals surface area (Å²) in [4.78, 5) is 13.5. The number of hydrogen-bond acceptors (Lipinski definition) is 3. The highest BCUT2D eigenvalue weighted by atomic mass is 35.5. The molecule has 3 nitrogen and oxygen atoms in total. The van der Waals surface area contributed by atoms with E-state index in [1.54, 1.807) is 0 Å². The molecule has 0 saturated carbocycles. The zero-order valence-electron chi connectivity index (χ0n) is 11.4. The van der Waals surface area contributed by atoms with Crippen LogP contribution in [0.1, 0.15) is 24.9 Å². The van der Waals surface area contributed by atoms with E-state index in [9.17, 15) is 4.79 Å². The van der Waals surface area contributed by atoms with Gasteiger partial charge in [-0.1, -0.05) is 23.7 Å². The second-order valence-electron chi connectivity index (χ2n) is 5.43. The Bertz CT molecular complexity index is 426. The summed E-state index contributed by atoms with van der Waals surface area (Å²) in [5.74, 6) is 0. The van der Waals surface area contributed by atoms with Crippen LogP contribution in [0.15, 0.2) is 24.3 Å². The summed E-state index contributed by atoms with van der Waals surface area (Å²) >= 11 is 5.90. The van der Waals surface area contributed by atoms with Crippen molar-refractivity contribution in [1.29, 1.82) is 0 Å². The van der Waals surface area contributed by atoms with Crippen molar-refractivity contribution in [3.8, 4) is 0 Å². The Morgan fingerprint density at radius 3 is 2.68 bits per heavy atom. The molecule has 0 N–H and O–H groups in total. The van der Waals surface area contributed by atoms with Gasteiger partial charge in [0, 0.05) is 24.2 Å². The third-order valence-electron chi connectivity index (χ3n) is 3.96. The lowest BCUT2D eigenvalue weighted by molar-refractivity contribution is -0.117. The molecule has 0 amide bonds. The summed E-state index contributed by atoms with van der Waals surface area (Å²) in [6.07, 6.45) is 1.87.